The van der Waals surface area contributed by atoms with Crippen molar-refractivity contribution in [3.63, 3.8) is 0 Å². The van der Waals surface area contributed by atoms with Crippen LogP contribution in [0.2, 0.25) is 0 Å². The first-order valence-electron chi connectivity index (χ1n) is 8.57. The quantitative estimate of drug-likeness (QED) is 0.367. The first-order valence-corrected chi connectivity index (χ1v) is 8.57. The van der Waals surface area contributed by atoms with Gasteiger partial charge in [0, 0.05) is 6.07 Å². The largest absolute Gasteiger partial charge is 0.455 e. The molecule has 8 heteroatoms. The molecule has 0 aliphatic rings. The molecule has 0 atom stereocenters. The van der Waals surface area contributed by atoms with Crippen molar-refractivity contribution >= 4 is 23.3 Å². The number of amides is 1. The zero-order valence-electron chi connectivity index (χ0n) is 15.1. The SMILES string of the molecule is O=C(COC(=O)c1ccccc1[N+](=O)[O-])Nc1ccccc1Oc1ccccc1. The molecule has 0 heterocycles. The molecule has 29 heavy (non-hydrogen) atoms. The number of para-hydroxylation sites is 4. The second-order valence-electron chi connectivity index (χ2n) is 5.81. The van der Waals surface area contributed by atoms with Gasteiger partial charge in [0.05, 0.1) is 10.6 Å². The summed E-state index contributed by atoms with van der Waals surface area (Å²) in [7, 11) is 0. The Morgan fingerprint density at radius 3 is 2.31 bits per heavy atom. The summed E-state index contributed by atoms with van der Waals surface area (Å²) in [6.45, 7) is -0.607. The maximum Gasteiger partial charge on any atom is 0.345 e. The van der Waals surface area contributed by atoms with E-state index < -0.39 is 23.4 Å². The molecule has 0 aliphatic heterocycles. The van der Waals surface area contributed by atoms with Gasteiger partial charge in [-0.2, -0.15) is 0 Å². The van der Waals surface area contributed by atoms with Gasteiger partial charge in [0.25, 0.3) is 11.6 Å². The summed E-state index contributed by atoms with van der Waals surface area (Å²) in [5.41, 5.74) is -0.222. The van der Waals surface area contributed by atoms with Gasteiger partial charge in [-0.15, -0.1) is 0 Å². The van der Waals surface area contributed by atoms with Crippen LogP contribution in [-0.2, 0) is 9.53 Å². The van der Waals surface area contributed by atoms with Gasteiger partial charge in [-0.05, 0) is 30.3 Å². The molecule has 3 rings (SSSR count). The second-order valence-corrected chi connectivity index (χ2v) is 5.81. The van der Waals surface area contributed by atoms with Crippen LogP contribution in [0, 0.1) is 10.1 Å². The van der Waals surface area contributed by atoms with E-state index in [0.29, 0.717) is 17.2 Å². The third-order valence-corrected chi connectivity index (χ3v) is 3.79. The van der Waals surface area contributed by atoms with Crippen molar-refractivity contribution in [1.29, 1.82) is 0 Å². The van der Waals surface area contributed by atoms with Crippen LogP contribution in [0.1, 0.15) is 10.4 Å². The van der Waals surface area contributed by atoms with Crippen molar-refractivity contribution < 1.29 is 24.0 Å². The number of rotatable bonds is 7. The lowest BCUT2D eigenvalue weighted by Crippen LogP contribution is -2.21. The lowest BCUT2D eigenvalue weighted by Gasteiger charge is -2.12. The number of carbonyl (C=O) groups is 2. The minimum Gasteiger partial charge on any atom is -0.455 e. The zero-order valence-corrected chi connectivity index (χ0v) is 15.1. The number of hydrogen-bond acceptors (Lipinski definition) is 6. The maximum atomic E-state index is 12.2. The van der Waals surface area contributed by atoms with Crippen LogP contribution in [0.3, 0.4) is 0 Å². The van der Waals surface area contributed by atoms with E-state index >= 15 is 0 Å². The number of nitrogens with zero attached hydrogens (tertiary/aromatic N) is 1. The number of anilines is 1. The summed E-state index contributed by atoms with van der Waals surface area (Å²) in [5, 5.41) is 13.6. The van der Waals surface area contributed by atoms with Crippen LogP contribution in [0.25, 0.3) is 0 Å². The van der Waals surface area contributed by atoms with E-state index in [-0.39, 0.29) is 11.3 Å². The second kappa shape index (κ2) is 9.14. The number of nitro groups is 1. The predicted octanol–water partition coefficient (Wildman–Crippen LogP) is 4.18. The molecule has 0 aliphatic carbocycles. The molecule has 1 amide bonds. The third-order valence-electron chi connectivity index (χ3n) is 3.79. The van der Waals surface area contributed by atoms with Crippen molar-refractivity contribution in [2.75, 3.05) is 11.9 Å². The van der Waals surface area contributed by atoms with Crippen LogP contribution < -0.4 is 10.1 Å². The highest BCUT2D eigenvalue weighted by molar-refractivity contribution is 5.98. The Bertz CT molecular complexity index is 1040. The molecule has 0 radical (unpaired) electrons. The van der Waals surface area contributed by atoms with Crippen LogP contribution in [0.15, 0.2) is 78.9 Å². The fraction of sp³-hybridized carbons (Fsp3) is 0.0476. The van der Waals surface area contributed by atoms with Crippen LogP contribution in [-0.4, -0.2) is 23.4 Å². The zero-order chi connectivity index (χ0) is 20.6. The fourth-order valence-electron chi connectivity index (χ4n) is 2.48. The summed E-state index contributed by atoms with van der Waals surface area (Å²) in [5.74, 6) is -0.559. The Balaban J connectivity index is 1.63. The molecular weight excluding hydrogens is 376 g/mol. The van der Waals surface area contributed by atoms with Crippen LogP contribution in [0.5, 0.6) is 11.5 Å². The number of benzene rings is 3. The average Bonchev–Trinajstić information content (AvgIpc) is 2.74. The van der Waals surface area contributed by atoms with E-state index in [0.717, 1.165) is 0 Å². The minimum atomic E-state index is -0.957. The summed E-state index contributed by atoms with van der Waals surface area (Å²) < 4.78 is 10.7. The van der Waals surface area contributed by atoms with E-state index in [1.54, 1.807) is 36.4 Å². The van der Waals surface area contributed by atoms with E-state index in [2.05, 4.69) is 5.32 Å². The molecule has 0 fully saturated rings. The highest BCUT2D eigenvalue weighted by Crippen LogP contribution is 2.29. The van der Waals surface area contributed by atoms with Crippen LogP contribution in [0.4, 0.5) is 11.4 Å². The molecule has 1 N–H and O–H groups in total. The molecule has 0 aromatic heterocycles. The van der Waals surface area contributed by atoms with Crippen molar-refractivity contribution in [3.05, 3.63) is 94.5 Å². The topological polar surface area (TPSA) is 108 Å². The Kier molecular flexibility index (Phi) is 6.16. The number of nitrogens with one attached hydrogen (secondary N) is 1. The van der Waals surface area contributed by atoms with Crippen LogP contribution >= 0.6 is 0 Å². The lowest BCUT2D eigenvalue weighted by molar-refractivity contribution is -0.385. The number of esters is 1. The van der Waals surface area contributed by atoms with E-state index in [1.165, 1.54) is 24.3 Å². The third kappa shape index (κ3) is 5.16. The first-order chi connectivity index (χ1) is 14.0. The smallest absolute Gasteiger partial charge is 0.345 e. The Labute approximate surface area is 165 Å². The van der Waals surface area contributed by atoms with Gasteiger partial charge in [-0.25, -0.2) is 4.79 Å². The Morgan fingerprint density at radius 2 is 1.55 bits per heavy atom. The minimum absolute atomic E-state index is 0.224. The normalized spacial score (nSPS) is 10.1. The average molecular weight is 392 g/mol. The molecule has 0 bridgehead atoms. The predicted molar refractivity (Wildman–Crippen MR) is 105 cm³/mol. The molecule has 146 valence electrons. The summed E-state index contributed by atoms with van der Waals surface area (Å²) in [6.07, 6.45) is 0. The van der Waals surface area contributed by atoms with Crippen molar-refractivity contribution in [1.82, 2.24) is 0 Å². The standard InChI is InChI=1S/C21H16N2O6/c24-20(14-28-21(25)16-10-4-6-12-18(16)23(26)27)22-17-11-5-7-13-19(17)29-15-8-2-1-3-9-15/h1-13H,14H2,(H,22,24). The molecule has 3 aromatic carbocycles. The van der Waals surface area contributed by atoms with Crippen molar-refractivity contribution in [3.8, 4) is 11.5 Å². The maximum absolute atomic E-state index is 12.2. The van der Waals surface area contributed by atoms with Gasteiger partial charge in [-0.3, -0.25) is 14.9 Å². The van der Waals surface area contributed by atoms with Gasteiger partial charge >= 0.3 is 5.97 Å². The highest BCUT2D eigenvalue weighted by atomic mass is 16.6. The van der Waals surface area contributed by atoms with E-state index in [4.69, 9.17) is 9.47 Å². The highest BCUT2D eigenvalue weighted by Gasteiger charge is 2.21. The number of ether oxygens (including phenoxy) is 2. The first kappa shape index (κ1) is 19.6. The summed E-state index contributed by atoms with van der Waals surface area (Å²) in [6, 6.07) is 21.2. The summed E-state index contributed by atoms with van der Waals surface area (Å²) in [4.78, 5) is 34.6. The Morgan fingerprint density at radius 1 is 0.897 bits per heavy atom. The number of hydrogen-bond donors (Lipinski definition) is 1. The van der Waals surface area contributed by atoms with E-state index in [1.807, 2.05) is 18.2 Å². The van der Waals surface area contributed by atoms with Crippen molar-refractivity contribution in [2.45, 2.75) is 0 Å². The molecule has 0 saturated heterocycles. The van der Waals surface area contributed by atoms with Crippen molar-refractivity contribution in [2.24, 2.45) is 0 Å². The molecule has 3 aromatic rings. The molecule has 8 nitrogen and oxygen atoms in total. The molecule has 0 saturated carbocycles. The molecule has 0 unspecified atom stereocenters. The molecule has 0 spiro atoms. The van der Waals surface area contributed by atoms with Gasteiger partial charge in [0.1, 0.15) is 11.3 Å². The fourth-order valence-corrected chi connectivity index (χ4v) is 2.48. The molecular formula is C21H16N2O6. The number of nitro benzene ring substituents is 1. The van der Waals surface area contributed by atoms with Gasteiger partial charge < -0.3 is 14.8 Å². The van der Waals surface area contributed by atoms with Gasteiger partial charge in [-0.1, -0.05) is 42.5 Å². The lowest BCUT2D eigenvalue weighted by atomic mass is 10.2. The number of carbonyl (C=O) groups excluding carboxylic acids is 2. The van der Waals surface area contributed by atoms with E-state index in [9.17, 15) is 19.7 Å². The monoisotopic (exact) mass is 392 g/mol. The van der Waals surface area contributed by atoms with Gasteiger partial charge in [0.2, 0.25) is 0 Å². The van der Waals surface area contributed by atoms with Gasteiger partial charge in [0.15, 0.2) is 12.4 Å². The summed E-state index contributed by atoms with van der Waals surface area (Å²) >= 11 is 0. The Hall–Kier alpha value is -4.20.